The Morgan fingerprint density at radius 1 is 1.17 bits per heavy atom. The minimum atomic E-state index is -0.278. The van der Waals surface area contributed by atoms with Gasteiger partial charge in [-0.1, -0.05) is 29.8 Å². The topological polar surface area (TPSA) is 58.5 Å². The number of rotatable bonds is 6. The Morgan fingerprint density at radius 3 is 2.72 bits per heavy atom. The number of nitrogens with zero attached hydrogens (tertiary/aromatic N) is 3. The molecular formula is C22H21ClFN5. The molecule has 7 heteroatoms. The molecule has 2 aromatic heterocycles. The van der Waals surface area contributed by atoms with E-state index in [2.05, 4.69) is 27.5 Å². The molecule has 148 valence electrons. The second kappa shape index (κ2) is 8.19. The van der Waals surface area contributed by atoms with E-state index in [9.17, 15) is 4.39 Å². The number of hydrogen-bond acceptors (Lipinski definition) is 3. The number of halogens is 2. The lowest BCUT2D eigenvalue weighted by Gasteiger charge is -2.14. The summed E-state index contributed by atoms with van der Waals surface area (Å²) in [6, 6.07) is 14.2. The Bertz CT molecular complexity index is 1120. The lowest BCUT2D eigenvalue weighted by Crippen LogP contribution is -2.18. The first-order valence-corrected chi connectivity index (χ1v) is 9.73. The maximum atomic E-state index is 13.6. The summed E-state index contributed by atoms with van der Waals surface area (Å²) in [4.78, 5) is 0. The molecule has 0 fully saturated rings. The lowest BCUT2D eigenvalue weighted by molar-refractivity contribution is 0.572. The predicted octanol–water partition coefficient (Wildman–Crippen LogP) is 5.21. The molecule has 2 heterocycles. The monoisotopic (exact) mass is 409 g/mol. The van der Waals surface area contributed by atoms with Crippen LogP contribution in [0.1, 0.15) is 29.8 Å². The van der Waals surface area contributed by atoms with Crippen molar-refractivity contribution in [3.63, 3.8) is 0 Å². The summed E-state index contributed by atoms with van der Waals surface area (Å²) in [5.41, 5.74) is 5.81. The Kier molecular flexibility index (Phi) is 5.47. The molecule has 0 aliphatic heterocycles. The second-order valence-electron chi connectivity index (χ2n) is 6.96. The molecule has 2 N–H and O–H groups in total. The number of aromatic amines is 1. The van der Waals surface area contributed by atoms with E-state index in [1.54, 1.807) is 10.7 Å². The van der Waals surface area contributed by atoms with Gasteiger partial charge >= 0.3 is 0 Å². The quantitative estimate of drug-likeness (QED) is 0.459. The highest BCUT2D eigenvalue weighted by Gasteiger charge is 2.16. The number of nitrogens with one attached hydrogen (secondary N) is 2. The first-order chi connectivity index (χ1) is 14.0. The van der Waals surface area contributed by atoms with Crippen LogP contribution in [0.15, 0.2) is 60.9 Å². The molecule has 0 spiro atoms. The van der Waals surface area contributed by atoms with Crippen molar-refractivity contribution in [2.45, 2.75) is 26.4 Å². The number of benzene rings is 2. The fraction of sp³-hybridized carbons (Fsp3) is 0.182. The van der Waals surface area contributed by atoms with Crippen molar-refractivity contribution in [3.8, 4) is 16.9 Å². The highest BCUT2D eigenvalue weighted by molar-refractivity contribution is 6.30. The van der Waals surface area contributed by atoms with Gasteiger partial charge in [-0.3, -0.25) is 5.10 Å². The van der Waals surface area contributed by atoms with Gasteiger partial charge in [-0.25, -0.2) is 9.07 Å². The number of aromatic nitrogens is 4. The molecule has 5 nitrogen and oxygen atoms in total. The van der Waals surface area contributed by atoms with Gasteiger partial charge in [-0.05, 0) is 49.7 Å². The van der Waals surface area contributed by atoms with Crippen molar-refractivity contribution in [1.82, 2.24) is 25.3 Å². The average molecular weight is 410 g/mol. The molecule has 29 heavy (non-hydrogen) atoms. The van der Waals surface area contributed by atoms with E-state index in [0.29, 0.717) is 17.3 Å². The van der Waals surface area contributed by atoms with E-state index in [1.165, 1.54) is 12.1 Å². The maximum absolute atomic E-state index is 13.6. The number of hydrogen-bond donors (Lipinski definition) is 2. The molecule has 0 radical (unpaired) electrons. The van der Waals surface area contributed by atoms with E-state index in [-0.39, 0.29) is 11.9 Å². The van der Waals surface area contributed by atoms with Crippen LogP contribution in [-0.4, -0.2) is 20.0 Å². The molecule has 0 aliphatic carbocycles. The molecule has 0 bridgehead atoms. The van der Waals surface area contributed by atoms with E-state index in [4.69, 9.17) is 11.6 Å². The Labute approximate surface area is 173 Å². The summed E-state index contributed by atoms with van der Waals surface area (Å²) < 4.78 is 15.3. The largest absolute Gasteiger partial charge is 0.306 e. The van der Waals surface area contributed by atoms with Crippen molar-refractivity contribution in [1.29, 1.82) is 0 Å². The van der Waals surface area contributed by atoms with Crippen molar-refractivity contribution >= 4 is 11.6 Å². The van der Waals surface area contributed by atoms with Gasteiger partial charge in [0.25, 0.3) is 0 Å². The normalized spacial score (nSPS) is 12.3. The van der Waals surface area contributed by atoms with Crippen LogP contribution in [0.4, 0.5) is 4.39 Å². The van der Waals surface area contributed by atoms with Crippen LogP contribution in [-0.2, 0) is 6.54 Å². The molecule has 0 aliphatic rings. The SMILES string of the molecule is Cc1c([C@H](C)NCc2cn[nH]c2-c2ccc(Cl)cc2)cnn1-c1cccc(F)c1. The summed E-state index contributed by atoms with van der Waals surface area (Å²) in [6.07, 6.45) is 3.65. The van der Waals surface area contributed by atoms with Gasteiger partial charge in [-0.2, -0.15) is 10.2 Å². The molecule has 2 aromatic carbocycles. The van der Waals surface area contributed by atoms with Crippen LogP contribution >= 0.6 is 11.6 Å². The zero-order valence-electron chi connectivity index (χ0n) is 16.2. The van der Waals surface area contributed by atoms with Gasteiger partial charge in [0.05, 0.1) is 23.8 Å². The number of H-pyrrole nitrogens is 1. The van der Waals surface area contributed by atoms with Gasteiger partial charge in [-0.15, -0.1) is 0 Å². The smallest absolute Gasteiger partial charge is 0.125 e. The van der Waals surface area contributed by atoms with Crippen molar-refractivity contribution in [3.05, 3.63) is 88.6 Å². The van der Waals surface area contributed by atoms with Crippen molar-refractivity contribution in [2.75, 3.05) is 0 Å². The first-order valence-electron chi connectivity index (χ1n) is 9.35. The summed E-state index contributed by atoms with van der Waals surface area (Å²) in [5, 5.41) is 15.9. The van der Waals surface area contributed by atoms with Gasteiger partial charge in [0, 0.05) is 34.4 Å². The van der Waals surface area contributed by atoms with Gasteiger partial charge < -0.3 is 5.32 Å². The molecule has 4 rings (SSSR count). The molecule has 0 amide bonds. The second-order valence-corrected chi connectivity index (χ2v) is 7.39. The fourth-order valence-electron chi connectivity index (χ4n) is 3.40. The van der Waals surface area contributed by atoms with E-state index in [1.807, 2.05) is 49.6 Å². The van der Waals surface area contributed by atoms with Gasteiger partial charge in [0.15, 0.2) is 0 Å². The zero-order chi connectivity index (χ0) is 20.4. The first kappa shape index (κ1) is 19.4. The third-order valence-corrected chi connectivity index (χ3v) is 5.27. The molecule has 0 unspecified atom stereocenters. The van der Waals surface area contributed by atoms with Crippen molar-refractivity contribution in [2.24, 2.45) is 0 Å². The molecular weight excluding hydrogens is 389 g/mol. The third-order valence-electron chi connectivity index (χ3n) is 5.02. The fourth-order valence-corrected chi connectivity index (χ4v) is 3.53. The molecule has 0 saturated carbocycles. The van der Waals surface area contributed by atoms with Crippen LogP contribution in [0.5, 0.6) is 0 Å². The minimum absolute atomic E-state index is 0.0604. The summed E-state index contributed by atoms with van der Waals surface area (Å²) in [6.45, 7) is 4.71. The van der Waals surface area contributed by atoms with Gasteiger partial charge in [0.2, 0.25) is 0 Å². The van der Waals surface area contributed by atoms with E-state index in [0.717, 1.165) is 28.1 Å². The van der Waals surface area contributed by atoms with Crippen molar-refractivity contribution < 1.29 is 4.39 Å². The summed E-state index contributed by atoms with van der Waals surface area (Å²) in [5.74, 6) is -0.278. The highest BCUT2D eigenvalue weighted by atomic mass is 35.5. The summed E-state index contributed by atoms with van der Waals surface area (Å²) >= 11 is 5.99. The lowest BCUT2D eigenvalue weighted by atomic mass is 10.1. The van der Waals surface area contributed by atoms with Crippen LogP contribution in [0.25, 0.3) is 16.9 Å². The molecule has 0 saturated heterocycles. The molecule has 1 atom stereocenters. The van der Waals surface area contributed by atoms with Crippen LogP contribution in [0.2, 0.25) is 5.02 Å². The zero-order valence-corrected chi connectivity index (χ0v) is 16.9. The Morgan fingerprint density at radius 2 is 1.97 bits per heavy atom. The highest BCUT2D eigenvalue weighted by Crippen LogP contribution is 2.25. The standard InChI is InChI=1S/C22H21ClFN5/c1-14(21-13-27-29(15(21)2)20-5-3-4-19(24)10-20)25-11-17-12-26-28-22(17)16-6-8-18(23)9-7-16/h3-10,12-14,25H,11H2,1-2H3,(H,26,28)/t14-/m0/s1. The van der Waals surface area contributed by atoms with Crippen LogP contribution in [0.3, 0.4) is 0 Å². The predicted molar refractivity (Wildman–Crippen MR) is 113 cm³/mol. The Hall–Kier alpha value is -2.96. The van der Waals surface area contributed by atoms with Gasteiger partial charge in [0.1, 0.15) is 5.82 Å². The minimum Gasteiger partial charge on any atom is -0.306 e. The maximum Gasteiger partial charge on any atom is 0.125 e. The molecule has 4 aromatic rings. The van der Waals surface area contributed by atoms with E-state index < -0.39 is 0 Å². The summed E-state index contributed by atoms with van der Waals surface area (Å²) in [7, 11) is 0. The van der Waals surface area contributed by atoms with E-state index >= 15 is 0 Å². The Balaban J connectivity index is 1.50. The average Bonchev–Trinajstić information content (AvgIpc) is 3.33. The van der Waals surface area contributed by atoms with Crippen LogP contribution < -0.4 is 5.32 Å². The van der Waals surface area contributed by atoms with Crippen LogP contribution in [0, 0.1) is 12.7 Å². The third kappa shape index (κ3) is 4.09.